The van der Waals surface area contributed by atoms with Gasteiger partial charge in [0.2, 0.25) is 5.56 Å². The van der Waals surface area contributed by atoms with Gasteiger partial charge in [0.25, 0.3) is 0 Å². The van der Waals surface area contributed by atoms with E-state index in [1.807, 2.05) is 24.3 Å². The number of esters is 1. The lowest BCUT2D eigenvalue weighted by molar-refractivity contribution is 0.0472. The van der Waals surface area contributed by atoms with E-state index in [0.29, 0.717) is 12.2 Å². The number of unbranched alkanes of at least 4 members (excludes halogenated alkanes) is 1. The van der Waals surface area contributed by atoms with E-state index in [1.165, 1.54) is 6.07 Å². The van der Waals surface area contributed by atoms with Gasteiger partial charge in [0.05, 0.1) is 17.7 Å². The van der Waals surface area contributed by atoms with Gasteiger partial charge in [-0.15, -0.1) is 0 Å². The Balaban J connectivity index is 1.29. The third-order valence-corrected chi connectivity index (χ3v) is 4.03. The smallest absolute Gasteiger partial charge is 0.339 e. The number of hydrogen-bond donors (Lipinski definition) is 2. The maximum Gasteiger partial charge on any atom is 0.339 e. The van der Waals surface area contributed by atoms with Crippen LogP contribution in [0.2, 0.25) is 0 Å². The number of benzene rings is 2. The van der Waals surface area contributed by atoms with Crippen LogP contribution in [0.4, 0.5) is 0 Å². The Morgan fingerprint density at radius 2 is 1.81 bits per heavy atom. The molecule has 0 amide bonds. The van der Waals surface area contributed by atoms with Crippen LogP contribution in [0.25, 0.3) is 10.9 Å². The topological polar surface area (TPSA) is 80.4 Å². The number of carbonyl (C=O) groups excluding carboxylic acids is 1. The van der Waals surface area contributed by atoms with Crippen molar-refractivity contribution in [2.75, 3.05) is 19.9 Å². The Kier molecular flexibility index (Phi) is 6.60. The molecular weight excluding hydrogens is 344 g/mol. The molecule has 0 aliphatic rings. The molecule has 3 rings (SSSR count). The van der Waals surface area contributed by atoms with Crippen molar-refractivity contribution in [2.24, 2.45) is 0 Å². The molecular formula is C21H22N2O4. The minimum atomic E-state index is -0.333. The molecule has 2 aromatic carbocycles. The Labute approximate surface area is 157 Å². The Hall–Kier alpha value is -3.12. The van der Waals surface area contributed by atoms with Gasteiger partial charge in [0.1, 0.15) is 12.5 Å². The van der Waals surface area contributed by atoms with Gasteiger partial charge in [0.15, 0.2) is 0 Å². The minimum absolute atomic E-state index is 0.126. The van der Waals surface area contributed by atoms with Gasteiger partial charge in [-0.2, -0.15) is 0 Å². The zero-order valence-electron chi connectivity index (χ0n) is 14.9. The molecule has 0 aliphatic heterocycles. The van der Waals surface area contributed by atoms with Crippen LogP contribution >= 0.6 is 0 Å². The fraction of sp³-hybridized carbons (Fsp3) is 0.238. The summed E-state index contributed by atoms with van der Waals surface area (Å²) in [7, 11) is 0. The lowest BCUT2D eigenvalue weighted by atomic mass is 10.2. The monoisotopic (exact) mass is 366 g/mol. The summed E-state index contributed by atoms with van der Waals surface area (Å²) < 4.78 is 10.9. The fourth-order valence-corrected chi connectivity index (χ4v) is 2.61. The van der Waals surface area contributed by atoms with Crippen LogP contribution in [0.15, 0.2) is 65.5 Å². The second-order valence-corrected chi connectivity index (χ2v) is 6.07. The molecule has 0 radical (unpaired) electrons. The summed E-state index contributed by atoms with van der Waals surface area (Å²) in [5.74, 6) is 0.398. The van der Waals surface area contributed by atoms with Crippen molar-refractivity contribution in [2.45, 2.75) is 12.8 Å². The van der Waals surface area contributed by atoms with Crippen molar-refractivity contribution in [3.8, 4) is 5.75 Å². The van der Waals surface area contributed by atoms with Crippen LogP contribution in [-0.4, -0.2) is 30.8 Å². The quantitative estimate of drug-likeness (QED) is 0.346. The number of hydrogen-bond acceptors (Lipinski definition) is 5. The Morgan fingerprint density at radius 3 is 2.67 bits per heavy atom. The lowest BCUT2D eigenvalue weighted by Gasteiger charge is -2.08. The predicted molar refractivity (Wildman–Crippen MR) is 104 cm³/mol. The number of rotatable bonds is 9. The number of pyridine rings is 1. The van der Waals surface area contributed by atoms with Crippen LogP contribution in [0, 0.1) is 0 Å². The van der Waals surface area contributed by atoms with Gasteiger partial charge in [-0.1, -0.05) is 18.2 Å². The summed E-state index contributed by atoms with van der Waals surface area (Å²) in [6.45, 7) is 1.50. The summed E-state index contributed by atoms with van der Waals surface area (Å²) in [6, 6.07) is 17.8. The molecule has 0 bridgehead atoms. The first-order valence-corrected chi connectivity index (χ1v) is 8.91. The molecule has 0 saturated heterocycles. The van der Waals surface area contributed by atoms with Crippen molar-refractivity contribution >= 4 is 16.9 Å². The van der Waals surface area contributed by atoms with E-state index in [4.69, 9.17) is 9.47 Å². The van der Waals surface area contributed by atoms with Crippen LogP contribution in [0.3, 0.4) is 0 Å². The van der Waals surface area contributed by atoms with Crippen molar-refractivity contribution in [3.63, 3.8) is 0 Å². The molecule has 1 aromatic heterocycles. The summed E-state index contributed by atoms with van der Waals surface area (Å²) in [6.07, 6.45) is 1.76. The normalized spacial score (nSPS) is 10.7. The molecule has 3 aromatic rings. The fourth-order valence-electron chi connectivity index (χ4n) is 2.61. The SMILES string of the molecule is O=C(OCNCCCCOc1ccc2ccc(=O)[nH]c2c1)c1ccccc1. The van der Waals surface area contributed by atoms with Gasteiger partial charge >= 0.3 is 5.97 Å². The highest BCUT2D eigenvalue weighted by Crippen LogP contribution is 2.18. The average molecular weight is 366 g/mol. The highest BCUT2D eigenvalue weighted by Gasteiger charge is 2.04. The number of H-pyrrole nitrogens is 1. The van der Waals surface area contributed by atoms with E-state index >= 15 is 0 Å². The molecule has 0 atom stereocenters. The number of nitrogens with one attached hydrogen (secondary N) is 2. The molecule has 0 aliphatic carbocycles. The standard InChI is InChI=1S/C21H22N2O4/c24-20-11-9-16-8-10-18(14-19(16)23-20)26-13-5-4-12-22-15-27-21(25)17-6-2-1-3-7-17/h1-3,6-11,14,22H,4-5,12-13,15H2,(H,23,24). The second kappa shape index (κ2) is 9.54. The van der Waals surface area contributed by atoms with Crippen molar-refractivity contribution in [1.82, 2.24) is 10.3 Å². The maximum absolute atomic E-state index is 11.7. The van der Waals surface area contributed by atoms with E-state index in [0.717, 1.165) is 36.0 Å². The number of fused-ring (bicyclic) bond motifs is 1. The number of ether oxygens (including phenoxy) is 2. The minimum Gasteiger partial charge on any atom is -0.494 e. The van der Waals surface area contributed by atoms with Gasteiger partial charge in [-0.05, 0) is 55.1 Å². The largest absolute Gasteiger partial charge is 0.494 e. The van der Waals surface area contributed by atoms with E-state index in [9.17, 15) is 9.59 Å². The van der Waals surface area contributed by atoms with E-state index in [2.05, 4.69) is 10.3 Å². The Morgan fingerprint density at radius 1 is 1.00 bits per heavy atom. The van der Waals surface area contributed by atoms with Gasteiger partial charge in [0, 0.05) is 12.1 Å². The van der Waals surface area contributed by atoms with Crippen LogP contribution in [0.1, 0.15) is 23.2 Å². The molecule has 0 spiro atoms. The molecule has 1 heterocycles. The van der Waals surface area contributed by atoms with Crippen LogP contribution in [0.5, 0.6) is 5.75 Å². The summed E-state index contributed by atoms with van der Waals surface area (Å²) in [5.41, 5.74) is 1.19. The molecule has 6 heteroatoms. The number of carbonyl (C=O) groups is 1. The second-order valence-electron chi connectivity index (χ2n) is 6.07. The zero-order valence-corrected chi connectivity index (χ0v) is 14.9. The summed E-state index contributed by atoms with van der Waals surface area (Å²) in [4.78, 5) is 25.9. The number of aromatic nitrogens is 1. The Bertz CT molecular complexity index is 938. The highest BCUT2D eigenvalue weighted by molar-refractivity contribution is 5.89. The van der Waals surface area contributed by atoms with Crippen LogP contribution in [-0.2, 0) is 4.74 Å². The van der Waals surface area contributed by atoms with E-state index in [1.54, 1.807) is 30.3 Å². The van der Waals surface area contributed by atoms with Crippen LogP contribution < -0.4 is 15.6 Å². The molecule has 2 N–H and O–H groups in total. The maximum atomic E-state index is 11.7. The number of aromatic amines is 1. The first-order chi connectivity index (χ1) is 13.2. The van der Waals surface area contributed by atoms with Gasteiger partial charge in [-0.3, -0.25) is 10.1 Å². The summed E-state index contributed by atoms with van der Waals surface area (Å²) in [5, 5.41) is 4.05. The zero-order chi connectivity index (χ0) is 18.9. The van der Waals surface area contributed by atoms with Gasteiger partial charge in [-0.25, -0.2) is 4.79 Å². The average Bonchev–Trinajstić information content (AvgIpc) is 2.70. The first-order valence-electron chi connectivity index (χ1n) is 8.91. The lowest BCUT2D eigenvalue weighted by Crippen LogP contribution is -2.22. The molecule has 0 saturated carbocycles. The first kappa shape index (κ1) is 18.7. The molecule has 27 heavy (non-hydrogen) atoms. The molecule has 140 valence electrons. The van der Waals surface area contributed by atoms with Crippen molar-refractivity contribution in [3.05, 3.63) is 76.6 Å². The summed E-state index contributed by atoms with van der Waals surface area (Å²) >= 11 is 0. The predicted octanol–water partition coefficient (Wildman–Crippen LogP) is 3.09. The van der Waals surface area contributed by atoms with Crippen molar-refractivity contribution in [1.29, 1.82) is 0 Å². The highest BCUT2D eigenvalue weighted by atomic mass is 16.5. The molecule has 0 unspecified atom stereocenters. The molecule has 0 fully saturated rings. The third kappa shape index (κ3) is 5.69. The third-order valence-electron chi connectivity index (χ3n) is 4.03. The van der Waals surface area contributed by atoms with E-state index < -0.39 is 0 Å². The van der Waals surface area contributed by atoms with Crippen molar-refractivity contribution < 1.29 is 14.3 Å². The van der Waals surface area contributed by atoms with E-state index in [-0.39, 0.29) is 18.3 Å². The van der Waals surface area contributed by atoms with Gasteiger partial charge < -0.3 is 14.5 Å². The molecule has 6 nitrogen and oxygen atoms in total.